The number of nitrogens with zero attached hydrogens (tertiary/aromatic N) is 5. The Morgan fingerprint density at radius 2 is 1.91 bits per heavy atom. The number of hydrogen-bond donors (Lipinski definition) is 1. The van der Waals surface area contributed by atoms with Crippen molar-refractivity contribution in [3.63, 3.8) is 0 Å². The molecule has 1 saturated heterocycles. The summed E-state index contributed by atoms with van der Waals surface area (Å²) in [4.78, 5) is 11.6. The number of aromatic amines is 1. The van der Waals surface area contributed by atoms with Crippen LogP contribution < -0.4 is 4.90 Å². The molecule has 32 heavy (non-hydrogen) atoms. The van der Waals surface area contributed by atoms with Gasteiger partial charge in [-0.15, -0.1) is 4.80 Å². The lowest BCUT2D eigenvalue weighted by molar-refractivity contribution is -0.137. The first-order chi connectivity index (χ1) is 15.2. The van der Waals surface area contributed by atoms with Gasteiger partial charge in [0.05, 0.1) is 45.2 Å². The van der Waals surface area contributed by atoms with Gasteiger partial charge in [-0.3, -0.25) is 0 Å². The van der Waals surface area contributed by atoms with Gasteiger partial charge in [0.2, 0.25) is 0 Å². The van der Waals surface area contributed by atoms with Gasteiger partial charge in [0.1, 0.15) is 11.5 Å². The van der Waals surface area contributed by atoms with Gasteiger partial charge >= 0.3 is 6.18 Å². The number of benzene rings is 2. The van der Waals surface area contributed by atoms with Gasteiger partial charge in [0.15, 0.2) is 0 Å². The summed E-state index contributed by atoms with van der Waals surface area (Å²) >= 11 is 5.91. The summed E-state index contributed by atoms with van der Waals surface area (Å²) < 4.78 is 40.0. The molecular weight excluding hydrogens is 441 g/mol. The van der Waals surface area contributed by atoms with E-state index >= 15 is 0 Å². The zero-order valence-corrected chi connectivity index (χ0v) is 18.2. The molecule has 1 atom stereocenters. The Morgan fingerprint density at radius 3 is 2.62 bits per heavy atom. The number of hydrogen-bond acceptors (Lipinski definition) is 4. The van der Waals surface area contributed by atoms with Crippen LogP contribution in [0, 0.1) is 6.92 Å². The van der Waals surface area contributed by atoms with Gasteiger partial charge < -0.3 is 9.88 Å². The number of nitrogens with one attached hydrogen (secondary N) is 1. The van der Waals surface area contributed by atoms with Crippen molar-refractivity contribution in [2.75, 3.05) is 11.4 Å². The molecule has 0 bridgehead atoms. The molecule has 2 aromatic carbocycles. The van der Waals surface area contributed by atoms with Gasteiger partial charge in [0.25, 0.3) is 0 Å². The molecule has 0 unspecified atom stereocenters. The highest BCUT2D eigenvalue weighted by Crippen LogP contribution is 2.45. The normalized spacial score (nSPS) is 19.2. The Kier molecular flexibility index (Phi) is 4.70. The topological polar surface area (TPSA) is 62.6 Å². The van der Waals surface area contributed by atoms with Crippen molar-refractivity contribution < 1.29 is 13.2 Å². The Morgan fingerprint density at radius 1 is 1.16 bits per heavy atom. The zero-order valence-electron chi connectivity index (χ0n) is 17.4. The minimum atomic E-state index is -4.54. The highest BCUT2D eigenvalue weighted by atomic mass is 35.5. The van der Waals surface area contributed by atoms with Gasteiger partial charge in [-0.2, -0.15) is 23.4 Å². The lowest BCUT2D eigenvalue weighted by atomic mass is 9.96. The number of rotatable bonds is 3. The van der Waals surface area contributed by atoms with Crippen molar-refractivity contribution in [2.45, 2.75) is 38.4 Å². The number of alkyl halides is 3. The maximum absolute atomic E-state index is 13.3. The summed E-state index contributed by atoms with van der Waals surface area (Å²) in [7, 11) is 0. The van der Waals surface area contributed by atoms with Crippen molar-refractivity contribution in [3.05, 3.63) is 64.7 Å². The molecule has 0 saturated carbocycles. The smallest absolute Gasteiger partial charge is 0.357 e. The number of aryl methyl sites for hydroxylation is 1. The molecule has 4 aromatic rings. The number of fused-ring (bicyclic) bond motifs is 1. The summed E-state index contributed by atoms with van der Waals surface area (Å²) in [6, 6.07) is 8.23. The number of H-pyrrole nitrogens is 1. The molecular formula is C22H20ClF3N6. The molecule has 10 heteroatoms. The standard InChI is InChI=1S/C22H20ClF3N6/c1-13-5-3-6-18(32-27-8-9-28-32)19(13)31-10-4-7-21(31,2)20-29-16-11-14(22(24,25)26)15(23)12-17(16)30-20/h3,5-6,8-9,11-12H,4,7,10H2,1-2H3,(H,29,30)/t21-/m0/s1. The summed E-state index contributed by atoms with van der Waals surface area (Å²) in [5.74, 6) is 0.600. The molecule has 1 aliphatic heterocycles. The minimum absolute atomic E-state index is 0.309. The van der Waals surface area contributed by atoms with Crippen LogP contribution in [-0.4, -0.2) is 31.5 Å². The fraction of sp³-hybridized carbons (Fsp3) is 0.318. The second-order valence-corrected chi connectivity index (χ2v) is 8.63. The molecule has 0 spiro atoms. The molecule has 0 aliphatic carbocycles. The average Bonchev–Trinajstić information content (AvgIpc) is 3.46. The van der Waals surface area contributed by atoms with E-state index in [2.05, 4.69) is 32.0 Å². The molecule has 1 aliphatic rings. The Bertz CT molecular complexity index is 1300. The molecule has 6 nitrogen and oxygen atoms in total. The quantitative estimate of drug-likeness (QED) is 0.430. The lowest BCUT2D eigenvalue weighted by Gasteiger charge is -2.37. The second kappa shape index (κ2) is 7.23. The zero-order chi connectivity index (χ0) is 22.7. The van der Waals surface area contributed by atoms with E-state index in [4.69, 9.17) is 11.6 Å². The molecule has 5 rings (SSSR count). The van der Waals surface area contributed by atoms with E-state index in [9.17, 15) is 13.2 Å². The first kappa shape index (κ1) is 20.8. The first-order valence-electron chi connectivity index (χ1n) is 10.2. The van der Waals surface area contributed by atoms with Crippen molar-refractivity contribution in [1.29, 1.82) is 0 Å². The van der Waals surface area contributed by atoms with Gasteiger partial charge in [-0.05, 0) is 50.5 Å². The van der Waals surface area contributed by atoms with Crippen LogP contribution in [0.1, 0.15) is 36.7 Å². The van der Waals surface area contributed by atoms with E-state index in [0.717, 1.165) is 42.4 Å². The SMILES string of the molecule is Cc1cccc(-n2nccn2)c1N1CCC[C@@]1(C)c1nc2cc(Cl)c(C(F)(F)F)cc2[nH]1. The molecule has 1 N–H and O–H groups in total. The van der Waals surface area contributed by atoms with Gasteiger partial charge in [-0.1, -0.05) is 23.7 Å². The van der Waals surface area contributed by atoms with Crippen LogP contribution in [0.4, 0.5) is 18.9 Å². The van der Waals surface area contributed by atoms with Crippen molar-refractivity contribution >= 4 is 28.3 Å². The van der Waals surface area contributed by atoms with E-state index in [1.807, 2.05) is 25.1 Å². The monoisotopic (exact) mass is 460 g/mol. The fourth-order valence-corrected chi connectivity index (χ4v) is 4.83. The largest absolute Gasteiger partial charge is 0.417 e. The first-order valence-corrected chi connectivity index (χ1v) is 10.6. The van der Waals surface area contributed by atoms with E-state index < -0.39 is 17.3 Å². The number of anilines is 1. The predicted molar refractivity (Wildman–Crippen MR) is 116 cm³/mol. The van der Waals surface area contributed by atoms with Crippen molar-refractivity contribution in [3.8, 4) is 5.69 Å². The van der Waals surface area contributed by atoms with E-state index in [-0.39, 0.29) is 5.02 Å². The van der Waals surface area contributed by atoms with Crippen LogP contribution >= 0.6 is 11.6 Å². The van der Waals surface area contributed by atoms with Crippen molar-refractivity contribution in [1.82, 2.24) is 25.0 Å². The van der Waals surface area contributed by atoms with Crippen LogP contribution in [0.2, 0.25) is 5.02 Å². The molecule has 1 fully saturated rings. The third-order valence-electron chi connectivity index (χ3n) is 6.15. The molecule has 2 aromatic heterocycles. The Balaban J connectivity index is 1.64. The molecule has 0 amide bonds. The van der Waals surface area contributed by atoms with Crippen LogP contribution in [0.5, 0.6) is 0 Å². The van der Waals surface area contributed by atoms with Gasteiger partial charge in [0, 0.05) is 6.54 Å². The summed E-state index contributed by atoms with van der Waals surface area (Å²) in [6.07, 6.45) is 0.398. The Labute approximate surface area is 187 Å². The van der Waals surface area contributed by atoms with Crippen LogP contribution in [0.25, 0.3) is 16.7 Å². The summed E-state index contributed by atoms with van der Waals surface area (Å²) in [5, 5.41) is 8.22. The maximum Gasteiger partial charge on any atom is 0.417 e. The summed E-state index contributed by atoms with van der Waals surface area (Å²) in [5.41, 5.74) is 2.14. The third-order valence-corrected chi connectivity index (χ3v) is 6.46. The second-order valence-electron chi connectivity index (χ2n) is 8.22. The highest BCUT2D eigenvalue weighted by Gasteiger charge is 2.43. The van der Waals surface area contributed by atoms with Gasteiger partial charge in [-0.25, -0.2) is 4.98 Å². The van der Waals surface area contributed by atoms with E-state index in [1.165, 1.54) is 6.07 Å². The molecule has 3 heterocycles. The van der Waals surface area contributed by atoms with Crippen LogP contribution in [-0.2, 0) is 11.7 Å². The Hall–Kier alpha value is -3.07. The molecule has 0 radical (unpaired) electrons. The van der Waals surface area contributed by atoms with E-state index in [0.29, 0.717) is 16.9 Å². The van der Waals surface area contributed by atoms with Crippen LogP contribution in [0.3, 0.4) is 0 Å². The average molecular weight is 461 g/mol. The number of halogens is 4. The number of para-hydroxylation sites is 1. The minimum Gasteiger partial charge on any atom is -0.357 e. The lowest BCUT2D eigenvalue weighted by Crippen LogP contribution is -2.40. The summed E-state index contributed by atoms with van der Waals surface area (Å²) in [6.45, 7) is 4.84. The third kappa shape index (κ3) is 3.23. The number of aromatic nitrogens is 5. The predicted octanol–water partition coefficient (Wildman–Crippen LogP) is 5.64. The fourth-order valence-electron chi connectivity index (χ4n) is 4.57. The maximum atomic E-state index is 13.3. The highest BCUT2D eigenvalue weighted by molar-refractivity contribution is 6.32. The van der Waals surface area contributed by atoms with E-state index in [1.54, 1.807) is 17.2 Å². The van der Waals surface area contributed by atoms with Crippen LogP contribution in [0.15, 0.2) is 42.7 Å². The number of imidazole rings is 1. The molecule has 166 valence electrons. The van der Waals surface area contributed by atoms with Crippen molar-refractivity contribution in [2.24, 2.45) is 0 Å².